The second-order valence-corrected chi connectivity index (χ2v) is 6.72. The SMILES string of the molecule is CCOC(=O)c1cnn(C)c1NC(=O)CC1CCN(C(=O)C2CC2)C1. The van der Waals surface area contributed by atoms with E-state index in [1.165, 1.54) is 10.9 Å². The summed E-state index contributed by atoms with van der Waals surface area (Å²) in [7, 11) is 1.66. The predicted octanol–water partition coefficient (Wildman–Crippen LogP) is 1.18. The number of carbonyl (C=O) groups excluding carboxylic acids is 3. The second kappa shape index (κ2) is 7.25. The van der Waals surface area contributed by atoms with Crippen molar-refractivity contribution >= 4 is 23.6 Å². The van der Waals surface area contributed by atoms with Crippen LogP contribution in [0.1, 0.15) is 43.0 Å². The average molecular weight is 348 g/mol. The number of hydrogen-bond acceptors (Lipinski definition) is 5. The number of hydrogen-bond donors (Lipinski definition) is 1. The number of nitrogens with one attached hydrogen (secondary N) is 1. The fraction of sp³-hybridized carbons (Fsp3) is 0.647. The van der Waals surface area contributed by atoms with Crippen molar-refractivity contribution in [1.29, 1.82) is 0 Å². The molecule has 1 atom stereocenters. The van der Waals surface area contributed by atoms with Crippen LogP contribution in [-0.4, -0.2) is 52.2 Å². The molecular weight excluding hydrogens is 324 g/mol. The first-order chi connectivity index (χ1) is 12.0. The molecule has 0 aromatic carbocycles. The summed E-state index contributed by atoms with van der Waals surface area (Å²) in [6, 6.07) is 0. The smallest absolute Gasteiger partial charge is 0.343 e. The van der Waals surface area contributed by atoms with Gasteiger partial charge in [-0.3, -0.25) is 14.3 Å². The van der Waals surface area contributed by atoms with Crippen molar-refractivity contribution in [2.24, 2.45) is 18.9 Å². The third-order valence-corrected chi connectivity index (χ3v) is 4.69. The highest BCUT2D eigenvalue weighted by Gasteiger charge is 2.37. The Morgan fingerprint density at radius 1 is 1.32 bits per heavy atom. The van der Waals surface area contributed by atoms with E-state index in [1.807, 2.05) is 4.90 Å². The van der Waals surface area contributed by atoms with Crippen LogP contribution in [0.2, 0.25) is 0 Å². The Balaban J connectivity index is 1.55. The molecule has 1 aromatic rings. The van der Waals surface area contributed by atoms with Crippen molar-refractivity contribution in [3.8, 4) is 0 Å². The Morgan fingerprint density at radius 2 is 2.08 bits per heavy atom. The van der Waals surface area contributed by atoms with Crippen LogP contribution in [0.3, 0.4) is 0 Å². The lowest BCUT2D eigenvalue weighted by Crippen LogP contribution is -2.30. The molecule has 1 aromatic heterocycles. The monoisotopic (exact) mass is 348 g/mol. The third-order valence-electron chi connectivity index (χ3n) is 4.69. The van der Waals surface area contributed by atoms with E-state index >= 15 is 0 Å². The van der Waals surface area contributed by atoms with Gasteiger partial charge in [0.1, 0.15) is 11.4 Å². The molecule has 2 fully saturated rings. The summed E-state index contributed by atoms with van der Waals surface area (Å²) in [5, 5.41) is 6.78. The van der Waals surface area contributed by atoms with Gasteiger partial charge in [-0.25, -0.2) is 4.79 Å². The topological polar surface area (TPSA) is 93.5 Å². The van der Waals surface area contributed by atoms with Gasteiger partial charge in [-0.2, -0.15) is 5.10 Å². The van der Waals surface area contributed by atoms with E-state index < -0.39 is 5.97 Å². The van der Waals surface area contributed by atoms with Gasteiger partial charge in [0, 0.05) is 32.5 Å². The minimum atomic E-state index is -0.507. The average Bonchev–Trinajstić information content (AvgIpc) is 3.23. The van der Waals surface area contributed by atoms with Crippen molar-refractivity contribution in [3.05, 3.63) is 11.8 Å². The molecule has 2 amide bonds. The van der Waals surface area contributed by atoms with Gasteiger partial charge < -0.3 is 15.0 Å². The number of aromatic nitrogens is 2. The summed E-state index contributed by atoms with van der Waals surface area (Å²) in [6.45, 7) is 3.35. The van der Waals surface area contributed by atoms with Crippen molar-refractivity contribution in [2.75, 3.05) is 25.0 Å². The molecule has 3 rings (SSSR count). The van der Waals surface area contributed by atoms with Crippen LogP contribution < -0.4 is 5.32 Å². The van der Waals surface area contributed by atoms with Crippen LogP contribution in [0, 0.1) is 11.8 Å². The maximum atomic E-state index is 12.4. The molecule has 1 unspecified atom stereocenters. The largest absolute Gasteiger partial charge is 0.462 e. The molecule has 1 aliphatic heterocycles. The minimum absolute atomic E-state index is 0.155. The lowest BCUT2D eigenvalue weighted by Gasteiger charge is -2.16. The summed E-state index contributed by atoms with van der Waals surface area (Å²) >= 11 is 0. The van der Waals surface area contributed by atoms with Crippen LogP contribution >= 0.6 is 0 Å². The molecule has 1 saturated heterocycles. The first kappa shape index (κ1) is 17.4. The van der Waals surface area contributed by atoms with Crippen molar-refractivity contribution < 1.29 is 19.1 Å². The summed E-state index contributed by atoms with van der Waals surface area (Å²) in [5.74, 6) is 0.260. The van der Waals surface area contributed by atoms with Gasteiger partial charge in [-0.15, -0.1) is 0 Å². The van der Waals surface area contributed by atoms with Gasteiger partial charge in [0.2, 0.25) is 11.8 Å². The fourth-order valence-electron chi connectivity index (χ4n) is 3.18. The van der Waals surface area contributed by atoms with Crippen molar-refractivity contribution in [3.63, 3.8) is 0 Å². The van der Waals surface area contributed by atoms with Gasteiger partial charge in [-0.05, 0) is 32.1 Å². The molecule has 25 heavy (non-hydrogen) atoms. The lowest BCUT2D eigenvalue weighted by atomic mass is 10.0. The third kappa shape index (κ3) is 4.00. The molecule has 8 heteroatoms. The summed E-state index contributed by atoms with van der Waals surface area (Å²) < 4.78 is 6.42. The molecule has 0 bridgehead atoms. The number of aryl methyl sites for hydroxylation is 1. The number of likely N-dealkylation sites (tertiary alicyclic amines) is 1. The van der Waals surface area contributed by atoms with Crippen LogP contribution in [0.25, 0.3) is 0 Å². The Bertz CT molecular complexity index is 680. The highest BCUT2D eigenvalue weighted by Crippen LogP contribution is 2.33. The Kier molecular flexibility index (Phi) is 5.06. The molecule has 1 N–H and O–H groups in total. The van der Waals surface area contributed by atoms with E-state index in [0.717, 1.165) is 25.8 Å². The summed E-state index contributed by atoms with van der Waals surface area (Å²) in [5.41, 5.74) is 0.245. The Labute approximate surface area is 146 Å². The molecule has 2 heterocycles. The van der Waals surface area contributed by atoms with Crippen LogP contribution in [-0.2, 0) is 21.4 Å². The fourth-order valence-corrected chi connectivity index (χ4v) is 3.18. The van der Waals surface area contributed by atoms with Gasteiger partial charge in [0.25, 0.3) is 0 Å². The molecule has 2 aliphatic rings. The van der Waals surface area contributed by atoms with Gasteiger partial charge in [0.15, 0.2) is 0 Å². The van der Waals surface area contributed by atoms with Gasteiger partial charge in [-0.1, -0.05) is 0 Å². The van der Waals surface area contributed by atoms with E-state index in [0.29, 0.717) is 18.8 Å². The van der Waals surface area contributed by atoms with Crippen LogP contribution in [0.5, 0.6) is 0 Å². The highest BCUT2D eigenvalue weighted by molar-refractivity contribution is 6.00. The zero-order chi connectivity index (χ0) is 18.0. The summed E-state index contributed by atoms with van der Waals surface area (Å²) in [6.07, 6.45) is 4.54. The Morgan fingerprint density at radius 3 is 2.76 bits per heavy atom. The number of anilines is 1. The molecule has 1 saturated carbocycles. The van der Waals surface area contributed by atoms with E-state index in [1.54, 1.807) is 14.0 Å². The highest BCUT2D eigenvalue weighted by atomic mass is 16.5. The van der Waals surface area contributed by atoms with Crippen molar-refractivity contribution in [2.45, 2.75) is 32.6 Å². The van der Waals surface area contributed by atoms with Crippen LogP contribution in [0.4, 0.5) is 5.82 Å². The number of nitrogens with zero attached hydrogens (tertiary/aromatic N) is 3. The number of rotatable bonds is 6. The van der Waals surface area contributed by atoms with Gasteiger partial charge in [0.05, 0.1) is 12.8 Å². The quantitative estimate of drug-likeness (QED) is 0.779. The number of carbonyl (C=O) groups is 3. The Hall–Kier alpha value is -2.38. The normalized spacial score (nSPS) is 19.8. The van der Waals surface area contributed by atoms with E-state index in [2.05, 4.69) is 10.4 Å². The maximum Gasteiger partial charge on any atom is 0.343 e. The molecule has 0 radical (unpaired) electrons. The van der Waals surface area contributed by atoms with Crippen molar-refractivity contribution in [1.82, 2.24) is 14.7 Å². The molecule has 1 aliphatic carbocycles. The van der Waals surface area contributed by atoms with Gasteiger partial charge >= 0.3 is 5.97 Å². The molecular formula is C17H24N4O4. The van der Waals surface area contributed by atoms with E-state index in [9.17, 15) is 14.4 Å². The number of ether oxygens (including phenoxy) is 1. The predicted molar refractivity (Wildman–Crippen MR) is 89.8 cm³/mol. The molecule has 8 nitrogen and oxygen atoms in total. The summed E-state index contributed by atoms with van der Waals surface area (Å²) in [4.78, 5) is 38.2. The first-order valence-corrected chi connectivity index (χ1v) is 8.77. The number of amides is 2. The zero-order valence-electron chi connectivity index (χ0n) is 14.7. The second-order valence-electron chi connectivity index (χ2n) is 6.72. The standard InChI is InChI=1S/C17H24N4O4/c1-3-25-17(24)13-9-18-20(2)15(13)19-14(22)8-11-6-7-21(10-11)16(23)12-4-5-12/h9,11-12H,3-8,10H2,1-2H3,(H,19,22). The van der Waals surface area contributed by atoms with E-state index in [4.69, 9.17) is 4.74 Å². The molecule has 136 valence electrons. The maximum absolute atomic E-state index is 12.4. The lowest BCUT2D eigenvalue weighted by molar-refractivity contribution is -0.131. The minimum Gasteiger partial charge on any atom is -0.462 e. The molecule has 0 spiro atoms. The van der Waals surface area contributed by atoms with Crippen LogP contribution in [0.15, 0.2) is 6.20 Å². The number of esters is 1. The zero-order valence-corrected chi connectivity index (χ0v) is 14.7. The van der Waals surface area contributed by atoms with E-state index in [-0.39, 0.29) is 35.8 Å². The first-order valence-electron chi connectivity index (χ1n) is 8.77.